The zero-order valence-corrected chi connectivity index (χ0v) is 16.5. The minimum Gasteiger partial charge on any atom is -0.355 e. The number of aromatic nitrogens is 1. The highest BCUT2D eigenvalue weighted by Gasteiger charge is 2.32. The van der Waals surface area contributed by atoms with Gasteiger partial charge in [0.1, 0.15) is 4.88 Å². The molecule has 2 heterocycles. The van der Waals surface area contributed by atoms with Gasteiger partial charge in [0.05, 0.1) is 16.6 Å². The van der Waals surface area contributed by atoms with E-state index in [2.05, 4.69) is 10.3 Å². The first-order valence-corrected chi connectivity index (χ1v) is 9.89. The Morgan fingerprint density at radius 1 is 1.31 bits per heavy atom. The fourth-order valence-corrected chi connectivity index (χ4v) is 4.17. The Morgan fingerprint density at radius 3 is 2.69 bits per heavy atom. The smallest absolute Gasteiger partial charge is 0.265 e. The molecule has 1 saturated heterocycles. The molecule has 0 spiro atoms. The molecule has 0 bridgehead atoms. The Bertz CT molecular complexity index is 804. The topological polar surface area (TPSA) is 62.3 Å². The Kier molecular flexibility index (Phi) is 5.94. The second-order valence-corrected chi connectivity index (χ2v) is 8.19. The van der Waals surface area contributed by atoms with Crippen LogP contribution in [0.4, 0.5) is 0 Å². The van der Waals surface area contributed by atoms with Crippen molar-refractivity contribution in [2.75, 3.05) is 19.6 Å². The molecular weight excluding hydrogens is 370 g/mol. The van der Waals surface area contributed by atoms with Crippen LogP contribution in [0.3, 0.4) is 0 Å². The number of carbonyl (C=O) groups excluding carboxylic acids is 2. The first-order chi connectivity index (χ1) is 12.4. The van der Waals surface area contributed by atoms with Gasteiger partial charge in [-0.2, -0.15) is 0 Å². The maximum Gasteiger partial charge on any atom is 0.265 e. The summed E-state index contributed by atoms with van der Waals surface area (Å²) in [6.07, 6.45) is 1.47. The highest BCUT2D eigenvalue weighted by molar-refractivity contribution is 7.13. The Balaban J connectivity index is 1.48. The molecule has 1 N–H and O–H groups in total. The lowest BCUT2D eigenvalue weighted by atomic mass is 10.1. The van der Waals surface area contributed by atoms with Gasteiger partial charge in [0.25, 0.3) is 5.91 Å². The van der Waals surface area contributed by atoms with Gasteiger partial charge in [-0.1, -0.05) is 23.7 Å². The predicted octanol–water partition coefficient (Wildman–Crippen LogP) is 3.23. The normalized spacial score (nSPS) is 16.7. The average molecular weight is 392 g/mol. The second-order valence-electron chi connectivity index (χ2n) is 6.55. The molecule has 1 atom stereocenters. The standard InChI is InChI=1S/C19H22ClN3O2S/c1-12-17(26-13(2)22-12)19(25)23-10-8-15(11-23)18(24)21-9-7-14-3-5-16(20)6-4-14/h3-6,15H,7-11H2,1-2H3,(H,21,24)/t15-/m1/s1. The van der Waals surface area contributed by atoms with Crippen LogP contribution < -0.4 is 5.32 Å². The molecule has 5 nitrogen and oxygen atoms in total. The molecule has 0 radical (unpaired) electrons. The van der Waals surface area contributed by atoms with Gasteiger partial charge in [-0.15, -0.1) is 11.3 Å². The van der Waals surface area contributed by atoms with Gasteiger partial charge in [-0.05, 0) is 44.4 Å². The number of thiazole rings is 1. The van der Waals surface area contributed by atoms with Crippen LogP contribution in [0.15, 0.2) is 24.3 Å². The van der Waals surface area contributed by atoms with Gasteiger partial charge < -0.3 is 10.2 Å². The first-order valence-electron chi connectivity index (χ1n) is 8.69. The largest absolute Gasteiger partial charge is 0.355 e. The number of aryl methyl sites for hydroxylation is 2. The lowest BCUT2D eigenvalue weighted by Crippen LogP contribution is -2.35. The molecule has 2 aromatic rings. The number of hydrogen-bond donors (Lipinski definition) is 1. The first kappa shape index (κ1) is 18.9. The van der Waals surface area contributed by atoms with Gasteiger partial charge in [0.2, 0.25) is 5.91 Å². The van der Waals surface area contributed by atoms with E-state index in [1.165, 1.54) is 11.3 Å². The predicted molar refractivity (Wildman–Crippen MR) is 104 cm³/mol. The molecule has 3 rings (SSSR count). The van der Waals surface area contributed by atoms with E-state index < -0.39 is 0 Å². The van der Waals surface area contributed by atoms with E-state index >= 15 is 0 Å². The molecule has 0 unspecified atom stereocenters. The van der Waals surface area contributed by atoms with Gasteiger partial charge in [-0.25, -0.2) is 4.98 Å². The Morgan fingerprint density at radius 2 is 2.04 bits per heavy atom. The molecule has 1 aromatic carbocycles. The SMILES string of the molecule is Cc1nc(C)c(C(=O)N2CC[C@@H](C(=O)NCCc3ccc(Cl)cc3)C2)s1. The molecule has 0 aliphatic carbocycles. The Labute approximate surface area is 162 Å². The number of rotatable bonds is 5. The molecule has 1 aromatic heterocycles. The molecule has 7 heteroatoms. The van der Waals surface area contributed by atoms with Gasteiger partial charge >= 0.3 is 0 Å². The molecule has 1 fully saturated rings. The van der Waals surface area contributed by atoms with E-state index in [0.717, 1.165) is 22.7 Å². The monoisotopic (exact) mass is 391 g/mol. The number of nitrogens with zero attached hydrogens (tertiary/aromatic N) is 2. The lowest BCUT2D eigenvalue weighted by molar-refractivity contribution is -0.124. The molecule has 2 amide bonds. The third-order valence-electron chi connectivity index (χ3n) is 4.57. The summed E-state index contributed by atoms with van der Waals surface area (Å²) in [5.74, 6) is -0.130. The van der Waals surface area contributed by atoms with Crippen molar-refractivity contribution in [3.63, 3.8) is 0 Å². The summed E-state index contributed by atoms with van der Waals surface area (Å²) >= 11 is 7.29. The maximum absolute atomic E-state index is 12.6. The minimum atomic E-state index is -0.140. The third kappa shape index (κ3) is 4.43. The number of halogens is 1. The molecule has 138 valence electrons. The number of nitrogens with one attached hydrogen (secondary N) is 1. The van der Waals surface area contributed by atoms with Gasteiger partial charge in [0, 0.05) is 24.7 Å². The van der Waals surface area contributed by atoms with Crippen LogP contribution in [0.25, 0.3) is 0 Å². The number of benzene rings is 1. The number of amides is 2. The summed E-state index contributed by atoms with van der Waals surface area (Å²) < 4.78 is 0. The molecule has 1 aliphatic heterocycles. The van der Waals surface area contributed by atoms with Crippen molar-refractivity contribution in [2.24, 2.45) is 5.92 Å². The third-order valence-corrected chi connectivity index (χ3v) is 5.88. The summed E-state index contributed by atoms with van der Waals surface area (Å²) in [5, 5.41) is 4.58. The van der Waals surface area contributed by atoms with Crippen LogP contribution in [-0.2, 0) is 11.2 Å². The van der Waals surface area contributed by atoms with Crippen LogP contribution in [0.2, 0.25) is 5.02 Å². The van der Waals surface area contributed by atoms with E-state index in [4.69, 9.17) is 11.6 Å². The van der Waals surface area contributed by atoms with E-state index in [0.29, 0.717) is 36.0 Å². The molecular formula is C19H22ClN3O2S. The zero-order valence-electron chi connectivity index (χ0n) is 14.9. The fourth-order valence-electron chi connectivity index (χ4n) is 3.16. The minimum absolute atomic E-state index is 0.00966. The fraction of sp³-hybridized carbons (Fsp3) is 0.421. The van der Waals surface area contributed by atoms with Crippen molar-refractivity contribution in [3.8, 4) is 0 Å². The van der Waals surface area contributed by atoms with Crippen LogP contribution in [0, 0.1) is 19.8 Å². The number of hydrogen-bond acceptors (Lipinski definition) is 4. The van der Waals surface area contributed by atoms with Crippen molar-refractivity contribution in [2.45, 2.75) is 26.7 Å². The number of likely N-dealkylation sites (tertiary alicyclic amines) is 1. The summed E-state index contributed by atoms with van der Waals surface area (Å²) in [6.45, 7) is 5.42. The summed E-state index contributed by atoms with van der Waals surface area (Å²) in [7, 11) is 0. The van der Waals surface area contributed by atoms with Crippen molar-refractivity contribution >= 4 is 34.8 Å². The van der Waals surface area contributed by atoms with Gasteiger partial charge in [0.15, 0.2) is 0 Å². The van der Waals surface area contributed by atoms with E-state index in [1.54, 1.807) is 4.90 Å². The second kappa shape index (κ2) is 8.18. The van der Waals surface area contributed by atoms with Crippen LogP contribution in [0.5, 0.6) is 0 Å². The number of carbonyl (C=O) groups is 2. The lowest BCUT2D eigenvalue weighted by Gasteiger charge is -2.16. The summed E-state index contributed by atoms with van der Waals surface area (Å²) in [5.41, 5.74) is 1.90. The van der Waals surface area contributed by atoms with Crippen molar-refractivity contribution < 1.29 is 9.59 Å². The van der Waals surface area contributed by atoms with Crippen LogP contribution >= 0.6 is 22.9 Å². The van der Waals surface area contributed by atoms with Gasteiger partial charge in [-0.3, -0.25) is 9.59 Å². The summed E-state index contributed by atoms with van der Waals surface area (Å²) in [4.78, 5) is 31.8. The molecule has 1 aliphatic rings. The van der Waals surface area contributed by atoms with Crippen LogP contribution in [0.1, 0.15) is 32.4 Å². The maximum atomic E-state index is 12.6. The van der Waals surface area contributed by atoms with E-state index in [1.807, 2.05) is 38.1 Å². The summed E-state index contributed by atoms with van der Waals surface area (Å²) in [6, 6.07) is 7.62. The molecule has 0 saturated carbocycles. The van der Waals surface area contributed by atoms with E-state index in [-0.39, 0.29) is 17.7 Å². The molecule has 26 heavy (non-hydrogen) atoms. The van der Waals surface area contributed by atoms with Crippen LogP contribution in [-0.4, -0.2) is 41.3 Å². The highest BCUT2D eigenvalue weighted by atomic mass is 35.5. The highest BCUT2D eigenvalue weighted by Crippen LogP contribution is 2.24. The van der Waals surface area contributed by atoms with Crippen molar-refractivity contribution in [3.05, 3.63) is 50.4 Å². The quantitative estimate of drug-likeness (QED) is 0.851. The Hall–Kier alpha value is -1.92. The average Bonchev–Trinajstić information content (AvgIpc) is 3.22. The van der Waals surface area contributed by atoms with Crippen molar-refractivity contribution in [1.82, 2.24) is 15.2 Å². The van der Waals surface area contributed by atoms with Crippen molar-refractivity contribution in [1.29, 1.82) is 0 Å². The zero-order chi connectivity index (χ0) is 18.7. The van der Waals surface area contributed by atoms with E-state index in [9.17, 15) is 9.59 Å².